The summed E-state index contributed by atoms with van der Waals surface area (Å²) < 4.78 is 12.4. The van der Waals surface area contributed by atoms with E-state index >= 15 is 0 Å². The summed E-state index contributed by atoms with van der Waals surface area (Å²) in [6, 6.07) is 15.8. The van der Waals surface area contributed by atoms with E-state index in [0.29, 0.717) is 13.2 Å². The van der Waals surface area contributed by atoms with Crippen molar-refractivity contribution in [3.05, 3.63) is 65.4 Å². The van der Waals surface area contributed by atoms with Crippen LogP contribution in [0.5, 0.6) is 5.75 Å². The number of carbonyl (C=O) groups excluding carboxylic acids is 1. The number of fused-ring (bicyclic) bond motifs is 1. The van der Waals surface area contributed by atoms with Gasteiger partial charge >= 0.3 is 5.97 Å². The molecule has 1 N–H and O–H groups in total. The summed E-state index contributed by atoms with van der Waals surface area (Å²) >= 11 is 0. The molecule has 0 aliphatic heterocycles. The Bertz CT molecular complexity index is 992. The first-order valence-corrected chi connectivity index (χ1v) is 9.27. The summed E-state index contributed by atoms with van der Waals surface area (Å²) in [5.41, 5.74) is 7.04. The van der Waals surface area contributed by atoms with Gasteiger partial charge in [0.25, 0.3) is 0 Å². The summed E-state index contributed by atoms with van der Waals surface area (Å²) in [6.45, 7) is 4.91. The van der Waals surface area contributed by atoms with Crippen molar-refractivity contribution in [3.63, 3.8) is 0 Å². The quantitative estimate of drug-likeness (QED) is 0.369. The number of hydrogen-bond donors (Lipinski definition) is 1. The molecule has 0 spiro atoms. The van der Waals surface area contributed by atoms with Crippen LogP contribution in [0.1, 0.15) is 23.7 Å². The second-order valence-corrected chi connectivity index (χ2v) is 6.31. The van der Waals surface area contributed by atoms with Crippen molar-refractivity contribution in [2.45, 2.75) is 26.9 Å². The van der Waals surface area contributed by atoms with Crippen LogP contribution in [0.25, 0.3) is 10.9 Å². The molecule has 1 heterocycles. The lowest BCUT2D eigenvalue weighted by Crippen LogP contribution is -2.14. The molecule has 0 bridgehead atoms. The van der Waals surface area contributed by atoms with Gasteiger partial charge in [0, 0.05) is 27.7 Å². The van der Waals surface area contributed by atoms with E-state index in [2.05, 4.69) is 10.5 Å². The summed E-state index contributed by atoms with van der Waals surface area (Å²) in [7, 11) is 1.66. The maximum absolute atomic E-state index is 12.0. The Morgan fingerprint density at radius 1 is 1.18 bits per heavy atom. The third-order valence-corrected chi connectivity index (χ3v) is 4.62. The first-order chi connectivity index (χ1) is 13.7. The van der Waals surface area contributed by atoms with Gasteiger partial charge in [-0.1, -0.05) is 36.4 Å². The van der Waals surface area contributed by atoms with E-state index in [4.69, 9.17) is 9.47 Å². The highest BCUT2D eigenvalue weighted by Crippen LogP contribution is 2.24. The highest BCUT2D eigenvalue weighted by molar-refractivity contribution is 6.01. The SMILES string of the molecule is CCOC(=O)Cn1c(C)c(/C=N\NCc2ccccc2OC)c2ccccc21. The van der Waals surface area contributed by atoms with Gasteiger partial charge in [-0.15, -0.1) is 0 Å². The van der Waals surface area contributed by atoms with Crippen LogP contribution in [-0.4, -0.2) is 30.5 Å². The minimum atomic E-state index is -0.246. The van der Waals surface area contributed by atoms with E-state index in [1.54, 1.807) is 13.3 Å². The van der Waals surface area contributed by atoms with Gasteiger partial charge in [-0.2, -0.15) is 5.10 Å². The predicted octanol–water partition coefficient (Wildman–Crippen LogP) is 3.65. The molecule has 0 atom stereocenters. The van der Waals surface area contributed by atoms with Crippen LogP contribution < -0.4 is 10.2 Å². The number of esters is 1. The molecule has 6 nitrogen and oxygen atoms in total. The van der Waals surface area contributed by atoms with Gasteiger partial charge in [0.2, 0.25) is 0 Å². The maximum atomic E-state index is 12.0. The Hall–Kier alpha value is -3.28. The lowest BCUT2D eigenvalue weighted by atomic mass is 10.1. The number of para-hydroxylation sites is 2. The smallest absolute Gasteiger partial charge is 0.325 e. The zero-order valence-corrected chi connectivity index (χ0v) is 16.4. The summed E-state index contributed by atoms with van der Waals surface area (Å²) in [6.07, 6.45) is 1.80. The van der Waals surface area contributed by atoms with E-state index in [0.717, 1.165) is 33.5 Å². The molecule has 6 heteroatoms. The molecule has 0 aliphatic rings. The third-order valence-electron chi connectivity index (χ3n) is 4.62. The predicted molar refractivity (Wildman–Crippen MR) is 111 cm³/mol. The van der Waals surface area contributed by atoms with Gasteiger partial charge in [-0.3, -0.25) is 4.79 Å². The average Bonchev–Trinajstić information content (AvgIpc) is 2.97. The number of methoxy groups -OCH3 is 1. The van der Waals surface area contributed by atoms with Crippen LogP contribution in [0.4, 0.5) is 0 Å². The topological polar surface area (TPSA) is 64.9 Å². The minimum absolute atomic E-state index is 0.183. The van der Waals surface area contributed by atoms with Crippen molar-refractivity contribution >= 4 is 23.1 Å². The standard InChI is InChI=1S/C22H25N3O3/c1-4-28-22(26)15-25-16(2)19(18-10-6-7-11-20(18)25)14-24-23-13-17-9-5-8-12-21(17)27-3/h5-12,14,23H,4,13,15H2,1-3H3/b24-14-. The van der Waals surface area contributed by atoms with E-state index in [1.165, 1.54) is 0 Å². The number of nitrogens with zero attached hydrogens (tertiary/aromatic N) is 2. The normalized spacial score (nSPS) is 11.1. The fourth-order valence-electron chi connectivity index (χ4n) is 3.25. The molecule has 0 aliphatic carbocycles. The second kappa shape index (κ2) is 9.08. The number of hydrazone groups is 1. The van der Waals surface area contributed by atoms with E-state index in [-0.39, 0.29) is 12.5 Å². The number of carbonyl (C=O) groups is 1. The number of ether oxygens (including phenoxy) is 2. The van der Waals surface area contributed by atoms with E-state index in [9.17, 15) is 4.79 Å². The highest BCUT2D eigenvalue weighted by Gasteiger charge is 2.15. The van der Waals surface area contributed by atoms with Crippen LogP contribution in [0, 0.1) is 6.92 Å². The molecule has 0 radical (unpaired) electrons. The van der Waals surface area contributed by atoms with Crippen molar-refractivity contribution in [1.82, 2.24) is 9.99 Å². The molecule has 1 aromatic heterocycles. The van der Waals surface area contributed by atoms with Gasteiger partial charge in [-0.25, -0.2) is 0 Å². The second-order valence-electron chi connectivity index (χ2n) is 6.31. The molecule has 0 saturated heterocycles. The Balaban J connectivity index is 1.81. The molecule has 3 aromatic rings. The van der Waals surface area contributed by atoms with Gasteiger partial charge in [0.05, 0.1) is 26.5 Å². The van der Waals surface area contributed by atoms with Crippen molar-refractivity contribution < 1.29 is 14.3 Å². The molecule has 0 fully saturated rings. The largest absolute Gasteiger partial charge is 0.496 e. The van der Waals surface area contributed by atoms with Crippen LogP contribution in [0.3, 0.4) is 0 Å². The van der Waals surface area contributed by atoms with E-state index < -0.39 is 0 Å². The van der Waals surface area contributed by atoms with Gasteiger partial charge in [0.1, 0.15) is 12.3 Å². The minimum Gasteiger partial charge on any atom is -0.496 e. The van der Waals surface area contributed by atoms with Gasteiger partial charge < -0.3 is 19.5 Å². The number of aromatic nitrogens is 1. The molecule has 0 amide bonds. The van der Waals surface area contributed by atoms with Crippen molar-refractivity contribution in [3.8, 4) is 5.75 Å². The Morgan fingerprint density at radius 3 is 2.71 bits per heavy atom. The lowest BCUT2D eigenvalue weighted by molar-refractivity contribution is -0.143. The fraction of sp³-hybridized carbons (Fsp3) is 0.273. The molecular formula is C22H25N3O3. The Morgan fingerprint density at radius 2 is 1.93 bits per heavy atom. The Labute approximate surface area is 164 Å². The molecule has 0 saturated carbocycles. The van der Waals surface area contributed by atoms with Crippen LogP contribution in [-0.2, 0) is 22.6 Å². The average molecular weight is 379 g/mol. The zero-order chi connectivity index (χ0) is 19.9. The molecule has 146 valence electrons. The van der Waals surface area contributed by atoms with Crippen LogP contribution >= 0.6 is 0 Å². The zero-order valence-electron chi connectivity index (χ0n) is 16.4. The number of hydrogen-bond acceptors (Lipinski definition) is 5. The van der Waals surface area contributed by atoms with E-state index in [1.807, 2.05) is 66.9 Å². The number of nitrogens with one attached hydrogen (secondary N) is 1. The molecule has 28 heavy (non-hydrogen) atoms. The summed E-state index contributed by atoms with van der Waals surface area (Å²) in [5, 5.41) is 5.44. The third kappa shape index (κ3) is 4.17. The van der Waals surface area contributed by atoms with Crippen LogP contribution in [0.15, 0.2) is 53.6 Å². The number of rotatable bonds is 8. The van der Waals surface area contributed by atoms with Crippen LogP contribution in [0.2, 0.25) is 0 Å². The highest BCUT2D eigenvalue weighted by atomic mass is 16.5. The summed E-state index contributed by atoms with van der Waals surface area (Å²) in [4.78, 5) is 12.0. The Kier molecular flexibility index (Phi) is 6.32. The fourth-order valence-corrected chi connectivity index (χ4v) is 3.25. The first-order valence-electron chi connectivity index (χ1n) is 9.27. The molecular weight excluding hydrogens is 354 g/mol. The molecule has 0 unspecified atom stereocenters. The number of benzene rings is 2. The summed E-state index contributed by atoms with van der Waals surface area (Å²) in [5.74, 6) is 0.580. The monoisotopic (exact) mass is 379 g/mol. The van der Waals surface area contributed by atoms with Gasteiger partial charge in [-0.05, 0) is 26.0 Å². The van der Waals surface area contributed by atoms with Crippen molar-refractivity contribution in [2.75, 3.05) is 13.7 Å². The molecule has 2 aromatic carbocycles. The molecule has 3 rings (SSSR count). The van der Waals surface area contributed by atoms with Crippen molar-refractivity contribution in [1.29, 1.82) is 0 Å². The maximum Gasteiger partial charge on any atom is 0.325 e. The first kappa shape index (κ1) is 19.5. The van der Waals surface area contributed by atoms with Crippen molar-refractivity contribution in [2.24, 2.45) is 5.10 Å². The van der Waals surface area contributed by atoms with Gasteiger partial charge in [0.15, 0.2) is 0 Å². The lowest BCUT2D eigenvalue weighted by Gasteiger charge is -2.08.